The minimum absolute atomic E-state index is 0. The van der Waals surface area contributed by atoms with E-state index in [1.54, 1.807) is 0 Å². The van der Waals surface area contributed by atoms with Crippen molar-refractivity contribution in [2.45, 2.75) is 6.92 Å². The molecule has 13 heavy (non-hydrogen) atoms. The van der Waals surface area contributed by atoms with Crippen molar-refractivity contribution < 1.29 is 76.0 Å². The van der Waals surface area contributed by atoms with Crippen LogP contribution in [0.2, 0.25) is 0 Å². The molecule has 0 rings (SSSR count). The van der Waals surface area contributed by atoms with Crippen LogP contribution >= 0.6 is 0 Å². The van der Waals surface area contributed by atoms with E-state index < -0.39 is 21.8 Å². The van der Waals surface area contributed by atoms with Crippen molar-refractivity contribution in [1.82, 2.24) is 5.32 Å². The number of hydrogen-bond donors (Lipinski definition) is 1. The summed E-state index contributed by atoms with van der Waals surface area (Å²) in [6, 6.07) is 0. The maximum atomic E-state index is 10.7. The van der Waals surface area contributed by atoms with Crippen molar-refractivity contribution in [3.63, 3.8) is 0 Å². The van der Waals surface area contributed by atoms with Gasteiger partial charge in [-0.15, -0.1) is 0 Å². The van der Waals surface area contributed by atoms with E-state index in [2.05, 4.69) is 11.9 Å². The molecule has 0 atom stereocenters. The quantitative estimate of drug-likeness (QED) is 0.422. The fraction of sp³-hybridized carbons (Fsp3) is 0.500. The minimum Gasteiger partial charge on any atom is -0.748 e. The van der Waals surface area contributed by atoms with Crippen molar-refractivity contribution in [2.24, 2.45) is 0 Å². The van der Waals surface area contributed by atoms with Gasteiger partial charge in [-0.3, -0.25) is 4.79 Å². The molecule has 0 spiro atoms. The predicted molar refractivity (Wildman–Crippen MR) is 42.4 cm³/mol. The Balaban J connectivity index is 0. The first-order valence-electron chi connectivity index (χ1n) is 3.20. The maximum absolute atomic E-state index is 10.7. The molecule has 0 aliphatic heterocycles. The second kappa shape index (κ2) is 7.25. The Labute approximate surface area is 127 Å². The van der Waals surface area contributed by atoms with E-state index in [-0.39, 0.29) is 70.3 Å². The van der Waals surface area contributed by atoms with Gasteiger partial charge >= 0.3 is 58.2 Å². The molecule has 7 heteroatoms. The third-order valence-corrected chi connectivity index (χ3v) is 1.73. The molecule has 0 aromatic rings. The monoisotopic (exact) mass is 277 g/mol. The number of carbonyl (C=O) groups excluding carboxylic acids is 1. The molecular weight excluding hydrogens is 268 g/mol. The molecule has 1 amide bonds. The molecule has 0 radical (unpaired) electrons. The fourth-order valence-electron chi connectivity index (χ4n) is 0.440. The van der Waals surface area contributed by atoms with Crippen LogP contribution in [0.1, 0.15) is 6.92 Å². The summed E-state index contributed by atoms with van der Waals surface area (Å²) in [5, 5.41) is 2.22. The van der Waals surface area contributed by atoms with Crippen LogP contribution in [0.5, 0.6) is 0 Å². The van der Waals surface area contributed by atoms with Gasteiger partial charge in [-0.05, 0) is 6.92 Å². The van der Waals surface area contributed by atoms with E-state index in [0.29, 0.717) is 0 Å². The van der Waals surface area contributed by atoms with Gasteiger partial charge in [0, 0.05) is 12.1 Å². The van der Waals surface area contributed by atoms with E-state index in [4.69, 9.17) is 0 Å². The summed E-state index contributed by atoms with van der Waals surface area (Å²) in [5.74, 6) is -1.04. The number of rotatable bonds is 4. The smallest absolute Gasteiger partial charge is 0.748 e. The Morgan fingerprint density at radius 3 is 2.31 bits per heavy atom. The number of carbonyl (C=O) groups is 1. The van der Waals surface area contributed by atoms with E-state index in [9.17, 15) is 17.8 Å². The van der Waals surface area contributed by atoms with Gasteiger partial charge in [-0.25, -0.2) is 8.42 Å². The Morgan fingerprint density at radius 1 is 1.54 bits per heavy atom. The standard InChI is InChI=1S/C6H11NO4S.Rb/c1-5(2)6(8)7-3-4-12(9,10)11;/h1,3-4H2,2H3,(H,7,8)(H,9,10,11);/q;+1/p-1. The molecule has 0 saturated carbocycles. The summed E-state index contributed by atoms with van der Waals surface area (Å²) in [4.78, 5) is 10.7. The predicted octanol–water partition coefficient (Wildman–Crippen LogP) is -3.77. The SMILES string of the molecule is C=C(C)C(=O)NCCS(=O)(=O)[O-].[Rb+]. The molecule has 0 aromatic carbocycles. The van der Waals surface area contributed by atoms with Gasteiger partial charge in [0.1, 0.15) is 0 Å². The van der Waals surface area contributed by atoms with Crippen LogP contribution in [0.15, 0.2) is 12.2 Å². The van der Waals surface area contributed by atoms with Crippen molar-refractivity contribution in [2.75, 3.05) is 12.3 Å². The van der Waals surface area contributed by atoms with Gasteiger partial charge in [-0.2, -0.15) is 0 Å². The summed E-state index contributed by atoms with van der Waals surface area (Å²) in [5.41, 5.74) is 0.276. The number of nitrogens with one attached hydrogen (secondary N) is 1. The molecule has 5 nitrogen and oxygen atoms in total. The largest absolute Gasteiger partial charge is 1.00 e. The molecule has 1 N–H and O–H groups in total. The van der Waals surface area contributed by atoms with Crippen molar-refractivity contribution in [3.8, 4) is 0 Å². The first-order valence-corrected chi connectivity index (χ1v) is 4.78. The summed E-state index contributed by atoms with van der Waals surface area (Å²) in [6.45, 7) is 4.65. The first-order chi connectivity index (χ1) is 5.33. The summed E-state index contributed by atoms with van der Waals surface area (Å²) >= 11 is 0. The van der Waals surface area contributed by atoms with Crippen LogP contribution in [0.4, 0.5) is 0 Å². The van der Waals surface area contributed by atoms with Crippen LogP contribution < -0.4 is 63.5 Å². The Bertz CT molecular complexity index is 285. The number of hydrogen-bond acceptors (Lipinski definition) is 4. The Hall–Kier alpha value is 0.925. The van der Waals surface area contributed by atoms with Crippen molar-refractivity contribution in [1.29, 1.82) is 0 Å². The molecular formula is C6H10NO4RbS. The maximum Gasteiger partial charge on any atom is 1.00 e. The summed E-state index contributed by atoms with van der Waals surface area (Å²) < 4.78 is 30.2. The van der Waals surface area contributed by atoms with Crippen LogP contribution in [0.3, 0.4) is 0 Å². The van der Waals surface area contributed by atoms with Gasteiger partial charge in [0.15, 0.2) is 0 Å². The van der Waals surface area contributed by atoms with Crippen LogP contribution in [-0.4, -0.2) is 31.2 Å². The minimum atomic E-state index is -4.24. The zero-order valence-electron chi connectivity index (χ0n) is 7.66. The van der Waals surface area contributed by atoms with E-state index in [0.717, 1.165) is 0 Å². The fourth-order valence-corrected chi connectivity index (χ4v) is 0.793. The molecule has 70 valence electrons. The van der Waals surface area contributed by atoms with Gasteiger partial charge in [0.2, 0.25) is 5.91 Å². The molecule has 0 aliphatic rings. The third kappa shape index (κ3) is 10.8. The third-order valence-electron chi connectivity index (χ3n) is 1.03. The van der Waals surface area contributed by atoms with E-state index >= 15 is 0 Å². The molecule has 0 saturated heterocycles. The average molecular weight is 278 g/mol. The van der Waals surface area contributed by atoms with E-state index in [1.807, 2.05) is 0 Å². The molecule has 0 aromatic heterocycles. The van der Waals surface area contributed by atoms with Crippen LogP contribution in [0.25, 0.3) is 0 Å². The normalized spacial score (nSPS) is 10.0. The van der Waals surface area contributed by atoms with Crippen LogP contribution in [-0.2, 0) is 14.9 Å². The Kier molecular flexibility index (Phi) is 9.12. The van der Waals surface area contributed by atoms with Gasteiger partial charge in [-0.1, -0.05) is 6.58 Å². The van der Waals surface area contributed by atoms with Crippen molar-refractivity contribution >= 4 is 16.0 Å². The number of amides is 1. The molecule has 0 heterocycles. The average Bonchev–Trinajstić information content (AvgIpc) is 1.84. The van der Waals surface area contributed by atoms with Gasteiger partial charge < -0.3 is 9.87 Å². The molecule has 0 aliphatic carbocycles. The summed E-state index contributed by atoms with van der Waals surface area (Å²) in [6.07, 6.45) is 0. The van der Waals surface area contributed by atoms with Crippen LogP contribution in [0, 0.1) is 0 Å². The molecule has 0 fully saturated rings. The second-order valence-corrected chi connectivity index (χ2v) is 3.82. The Morgan fingerprint density at radius 2 is 2.00 bits per heavy atom. The molecule has 0 bridgehead atoms. The molecule has 0 unspecified atom stereocenters. The van der Waals surface area contributed by atoms with E-state index in [1.165, 1.54) is 6.92 Å². The van der Waals surface area contributed by atoms with Crippen molar-refractivity contribution in [3.05, 3.63) is 12.2 Å². The second-order valence-electron chi connectivity index (χ2n) is 2.30. The van der Waals surface area contributed by atoms with Gasteiger partial charge in [0.25, 0.3) is 0 Å². The topological polar surface area (TPSA) is 86.3 Å². The zero-order chi connectivity index (χ0) is 9.78. The van der Waals surface area contributed by atoms with Gasteiger partial charge in [0.05, 0.1) is 15.9 Å². The summed E-state index contributed by atoms with van der Waals surface area (Å²) in [7, 11) is -4.24. The first kappa shape index (κ1) is 16.4. The zero-order valence-corrected chi connectivity index (χ0v) is 13.4.